The number of carboxylic acid groups (broad SMARTS) is 1. The van der Waals surface area contributed by atoms with Gasteiger partial charge in [0.1, 0.15) is 0 Å². The fourth-order valence-electron chi connectivity index (χ4n) is 4.14. The Labute approximate surface area is 225 Å². The van der Waals surface area contributed by atoms with Crippen molar-refractivity contribution in [3.63, 3.8) is 0 Å². The number of benzene rings is 3. The van der Waals surface area contributed by atoms with Crippen LogP contribution in [0.5, 0.6) is 0 Å². The number of carbonyl (C=O) groups excluding carboxylic acids is 1. The summed E-state index contributed by atoms with van der Waals surface area (Å²) >= 11 is 12.1. The second kappa shape index (κ2) is 11.7. The molecule has 8 heteroatoms. The molecule has 0 aliphatic rings. The fraction of sp³-hybridized carbons (Fsp3) is 0.241. The lowest BCUT2D eigenvalue weighted by Crippen LogP contribution is -2.26. The van der Waals surface area contributed by atoms with Gasteiger partial charge >= 0.3 is 5.97 Å². The van der Waals surface area contributed by atoms with Crippen LogP contribution < -0.4 is 5.32 Å². The highest BCUT2D eigenvalue weighted by molar-refractivity contribution is 6.30. The molecule has 1 unspecified atom stereocenters. The Morgan fingerprint density at radius 2 is 1.54 bits per heavy atom. The third-order valence-corrected chi connectivity index (χ3v) is 6.73. The van der Waals surface area contributed by atoms with E-state index in [0.717, 1.165) is 22.5 Å². The molecule has 6 nitrogen and oxygen atoms in total. The Kier molecular flexibility index (Phi) is 8.41. The molecule has 1 amide bonds. The lowest BCUT2D eigenvalue weighted by Gasteiger charge is -2.15. The highest BCUT2D eigenvalue weighted by atomic mass is 35.5. The lowest BCUT2D eigenvalue weighted by atomic mass is 9.98. The minimum atomic E-state index is -0.821. The van der Waals surface area contributed by atoms with Gasteiger partial charge in [-0.3, -0.25) is 9.59 Å². The van der Waals surface area contributed by atoms with Crippen LogP contribution in [0.4, 0.5) is 0 Å². The molecule has 4 aromatic rings. The van der Waals surface area contributed by atoms with E-state index in [1.165, 1.54) is 0 Å². The molecule has 0 saturated heterocycles. The predicted molar refractivity (Wildman–Crippen MR) is 147 cm³/mol. The number of hydrogen-bond donors (Lipinski definition) is 2. The van der Waals surface area contributed by atoms with Crippen LogP contribution in [0, 0.1) is 5.92 Å². The molecule has 0 aliphatic carbocycles. The zero-order valence-electron chi connectivity index (χ0n) is 20.5. The van der Waals surface area contributed by atoms with Crippen molar-refractivity contribution in [2.24, 2.45) is 5.92 Å². The van der Waals surface area contributed by atoms with Crippen molar-refractivity contribution in [2.45, 2.75) is 39.2 Å². The van der Waals surface area contributed by atoms with Gasteiger partial charge in [-0.25, -0.2) is 9.97 Å². The molecule has 190 valence electrons. The Hall–Kier alpha value is -3.48. The first-order valence-corrected chi connectivity index (χ1v) is 12.8. The van der Waals surface area contributed by atoms with E-state index in [2.05, 4.69) is 5.32 Å². The number of fused-ring (bicyclic) bond motifs is 1. The van der Waals surface area contributed by atoms with Gasteiger partial charge in [0.15, 0.2) is 0 Å². The van der Waals surface area contributed by atoms with Gasteiger partial charge in [0.25, 0.3) is 5.91 Å². The quantitative estimate of drug-likeness (QED) is 0.237. The molecule has 1 heterocycles. The zero-order chi connectivity index (χ0) is 26.5. The van der Waals surface area contributed by atoms with Gasteiger partial charge in [-0.05, 0) is 73.7 Å². The summed E-state index contributed by atoms with van der Waals surface area (Å²) in [7, 11) is 0. The van der Waals surface area contributed by atoms with Crippen LogP contribution in [-0.4, -0.2) is 27.0 Å². The number of carboxylic acids is 1. The van der Waals surface area contributed by atoms with Gasteiger partial charge in [-0.15, -0.1) is 0 Å². The summed E-state index contributed by atoms with van der Waals surface area (Å²) in [5.41, 5.74) is 5.04. The standard InChI is InChI=1S/C29H27Cl2N3O3/c1-17(15-27(35)36)3-13-25-28(20-6-11-23(31)12-7-20)34-24-14-8-21(16-26(24)33-25)29(37)32-18(2)19-4-9-22(30)10-5-19/h4-12,14,16-18H,3,13,15H2,1-2H3,(H,32,37)(H,35,36)/t17?,18-/m0/s1. The first-order valence-electron chi connectivity index (χ1n) is 12.0. The van der Waals surface area contributed by atoms with E-state index in [1.54, 1.807) is 42.5 Å². The number of nitrogens with one attached hydrogen (secondary N) is 1. The number of hydrogen-bond acceptors (Lipinski definition) is 4. The molecule has 0 radical (unpaired) electrons. The monoisotopic (exact) mass is 535 g/mol. The minimum absolute atomic E-state index is 0.0143. The van der Waals surface area contributed by atoms with E-state index in [1.807, 2.05) is 38.1 Å². The number of rotatable bonds is 9. The average molecular weight is 536 g/mol. The highest BCUT2D eigenvalue weighted by Gasteiger charge is 2.17. The van der Waals surface area contributed by atoms with Gasteiger partial charge < -0.3 is 10.4 Å². The van der Waals surface area contributed by atoms with Gasteiger partial charge in [-0.1, -0.05) is 54.4 Å². The summed E-state index contributed by atoms with van der Waals surface area (Å²) in [6.07, 6.45) is 1.29. The molecule has 3 aromatic carbocycles. The average Bonchev–Trinajstić information content (AvgIpc) is 2.87. The second-order valence-electron chi connectivity index (χ2n) is 9.22. The van der Waals surface area contributed by atoms with Crippen LogP contribution in [0.25, 0.3) is 22.3 Å². The van der Waals surface area contributed by atoms with Crippen molar-refractivity contribution in [2.75, 3.05) is 0 Å². The van der Waals surface area contributed by atoms with Crippen LogP contribution in [0.2, 0.25) is 10.0 Å². The second-order valence-corrected chi connectivity index (χ2v) is 10.1. The number of amides is 1. The number of aliphatic carboxylic acids is 1. The van der Waals surface area contributed by atoms with E-state index >= 15 is 0 Å². The van der Waals surface area contributed by atoms with Crippen LogP contribution in [0.1, 0.15) is 54.3 Å². The number of halogens is 2. The van der Waals surface area contributed by atoms with E-state index in [-0.39, 0.29) is 24.3 Å². The van der Waals surface area contributed by atoms with E-state index in [0.29, 0.717) is 39.5 Å². The maximum atomic E-state index is 13.0. The summed E-state index contributed by atoms with van der Waals surface area (Å²) in [4.78, 5) is 33.9. The molecular weight excluding hydrogens is 509 g/mol. The van der Waals surface area contributed by atoms with Crippen molar-refractivity contribution in [1.29, 1.82) is 0 Å². The number of carbonyl (C=O) groups is 2. The molecule has 37 heavy (non-hydrogen) atoms. The van der Waals surface area contributed by atoms with E-state index in [4.69, 9.17) is 38.3 Å². The first kappa shape index (κ1) is 26.6. The Bertz CT molecular complexity index is 1420. The molecule has 0 bridgehead atoms. The zero-order valence-corrected chi connectivity index (χ0v) is 22.1. The molecular formula is C29H27Cl2N3O3. The number of nitrogens with zero attached hydrogens (tertiary/aromatic N) is 2. The van der Waals surface area contributed by atoms with Crippen LogP contribution in [0.3, 0.4) is 0 Å². The molecule has 2 atom stereocenters. The lowest BCUT2D eigenvalue weighted by molar-refractivity contribution is -0.138. The molecule has 2 N–H and O–H groups in total. The molecule has 0 saturated carbocycles. The summed E-state index contributed by atoms with van der Waals surface area (Å²) in [5, 5.41) is 13.4. The molecule has 1 aromatic heterocycles. The van der Waals surface area contributed by atoms with Crippen molar-refractivity contribution >= 4 is 46.1 Å². The summed E-state index contributed by atoms with van der Waals surface area (Å²) in [6.45, 7) is 3.83. The van der Waals surface area contributed by atoms with E-state index in [9.17, 15) is 9.59 Å². The molecule has 4 rings (SSSR count). The van der Waals surface area contributed by atoms with Gasteiger partial charge in [0, 0.05) is 27.6 Å². The SMILES string of the molecule is CC(CCc1nc2cc(C(=O)N[C@@H](C)c3ccc(Cl)cc3)ccc2nc1-c1ccc(Cl)cc1)CC(=O)O. The summed E-state index contributed by atoms with van der Waals surface area (Å²) in [6, 6.07) is 19.8. The third kappa shape index (κ3) is 6.85. The van der Waals surface area contributed by atoms with Gasteiger partial charge in [-0.2, -0.15) is 0 Å². The fourth-order valence-corrected chi connectivity index (χ4v) is 4.40. The molecule has 0 aliphatic heterocycles. The van der Waals surface area contributed by atoms with Gasteiger partial charge in [0.2, 0.25) is 0 Å². The topological polar surface area (TPSA) is 92.2 Å². The largest absolute Gasteiger partial charge is 0.481 e. The van der Waals surface area contributed by atoms with E-state index < -0.39 is 5.97 Å². The third-order valence-electron chi connectivity index (χ3n) is 6.23. The molecule has 0 fully saturated rings. The van der Waals surface area contributed by atoms with Crippen molar-refractivity contribution in [1.82, 2.24) is 15.3 Å². The first-order chi connectivity index (χ1) is 17.7. The van der Waals surface area contributed by atoms with Crippen molar-refractivity contribution in [3.8, 4) is 11.3 Å². The number of aromatic nitrogens is 2. The van der Waals surface area contributed by atoms with Crippen LogP contribution in [-0.2, 0) is 11.2 Å². The highest BCUT2D eigenvalue weighted by Crippen LogP contribution is 2.27. The predicted octanol–water partition coefficient (Wildman–Crippen LogP) is 7.14. The van der Waals surface area contributed by atoms with Crippen molar-refractivity contribution in [3.05, 3.63) is 93.6 Å². The Morgan fingerprint density at radius 3 is 2.19 bits per heavy atom. The maximum absolute atomic E-state index is 13.0. The minimum Gasteiger partial charge on any atom is -0.481 e. The van der Waals surface area contributed by atoms with Gasteiger partial charge in [0.05, 0.1) is 28.5 Å². The van der Waals surface area contributed by atoms with Crippen LogP contribution >= 0.6 is 23.2 Å². The summed E-state index contributed by atoms with van der Waals surface area (Å²) < 4.78 is 0. The molecule has 0 spiro atoms. The van der Waals surface area contributed by atoms with Crippen LogP contribution in [0.15, 0.2) is 66.7 Å². The van der Waals surface area contributed by atoms with Crippen molar-refractivity contribution < 1.29 is 14.7 Å². The summed E-state index contributed by atoms with van der Waals surface area (Å²) in [5.74, 6) is -1.05. The maximum Gasteiger partial charge on any atom is 0.303 e. The Balaban J connectivity index is 1.64. The normalized spacial score (nSPS) is 12.8. The number of aryl methyl sites for hydroxylation is 1. The Morgan fingerprint density at radius 1 is 0.892 bits per heavy atom. The smallest absolute Gasteiger partial charge is 0.303 e.